The van der Waals surface area contributed by atoms with Gasteiger partial charge < -0.3 is 10.5 Å². The lowest BCUT2D eigenvalue weighted by atomic mass is 10.0. The second kappa shape index (κ2) is 6.22. The van der Waals surface area contributed by atoms with E-state index in [4.69, 9.17) is 10.5 Å². The first-order valence-corrected chi connectivity index (χ1v) is 5.44. The number of hydrogen-bond acceptors (Lipinski definition) is 4. The van der Waals surface area contributed by atoms with Crippen LogP contribution in [0.2, 0.25) is 0 Å². The van der Waals surface area contributed by atoms with Gasteiger partial charge in [0.25, 0.3) is 0 Å². The minimum Gasteiger partial charge on any atom is -0.496 e. The molecule has 1 aromatic carbocycles. The van der Waals surface area contributed by atoms with E-state index in [1.54, 1.807) is 14.2 Å². The van der Waals surface area contributed by atoms with Crippen molar-refractivity contribution in [2.75, 3.05) is 14.2 Å². The molecule has 0 aromatic heterocycles. The predicted octanol–water partition coefficient (Wildman–Crippen LogP) is 0.644. The van der Waals surface area contributed by atoms with Crippen LogP contribution >= 0.6 is 0 Å². The fraction of sp³-hybridized carbons (Fsp3) is 0.417. The van der Waals surface area contributed by atoms with E-state index < -0.39 is 0 Å². The van der Waals surface area contributed by atoms with Crippen molar-refractivity contribution in [3.05, 3.63) is 29.3 Å². The Bertz CT molecular complexity index is 393. The Morgan fingerprint density at radius 2 is 2.24 bits per heavy atom. The third kappa shape index (κ3) is 3.72. The van der Waals surface area contributed by atoms with Crippen LogP contribution in [0.25, 0.3) is 0 Å². The summed E-state index contributed by atoms with van der Waals surface area (Å²) in [5.74, 6) is 0.559. The van der Waals surface area contributed by atoms with Crippen LogP contribution < -0.4 is 21.3 Å². The second-order valence-corrected chi connectivity index (χ2v) is 3.85. The number of ether oxygens (including phenoxy) is 1. The smallest absolute Gasteiger partial charge is 0.235 e. The van der Waals surface area contributed by atoms with Gasteiger partial charge in [0.05, 0.1) is 7.11 Å². The first-order chi connectivity index (χ1) is 8.08. The molecule has 0 saturated carbocycles. The Labute approximate surface area is 101 Å². The van der Waals surface area contributed by atoms with Gasteiger partial charge in [0.1, 0.15) is 5.75 Å². The number of carbonyl (C=O) groups excluding carboxylic acids is 1. The summed E-state index contributed by atoms with van der Waals surface area (Å²) in [5, 5.41) is 0. The lowest BCUT2D eigenvalue weighted by Gasteiger charge is -2.16. The van der Waals surface area contributed by atoms with Crippen molar-refractivity contribution in [2.45, 2.75) is 19.4 Å². The summed E-state index contributed by atoms with van der Waals surface area (Å²) >= 11 is 0. The van der Waals surface area contributed by atoms with Crippen molar-refractivity contribution in [3.8, 4) is 5.75 Å². The van der Waals surface area contributed by atoms with Crippen LogP contribution in [0.3, 0.4) is 0 Å². The number of nitrogens with two attached hydrogens (primary N) is 1. The maximum absolute atomic E-state index is 11.4. The molecule has 5 heteroatoms. The first-order valence-electron chi connectivity index (χ1n) is 5.44. The third-order valence-corrected chi connectivity index (χ3v) is 2.45. The van der Waals surface area contributed by atoms with Gasteiger partial charge in [-0.1, -0.05) is 17.7 Å². The van der Waals surface area contributed by atoms with Gasteiger partial charge in [0, 0.05) is 25.1 Å². The van der Waals surface area contributed by atoms with Gasteiger partial charge in [0.15, 0.2) is 0 Å². The monoisotopic (exact) mass is 237 g/mol. The number of aryl methyl sites for hydroxylation is 1. The summed E-state index contributed by atoms with van der Waals surface area (Å²) in [6.45, 7) is 1.98. The highest BCUT2D eigenvalue weighted by Crippen LogP contribution is 2.26. The molecule has 1 amide bonds. The van der Waals surface area contributed by atoms with E-state index in [2.05, 4.69) is 10.9 Å². The molecular weight excluding hydrogens is 218 g/mol. The molecule has 0 aliphatic carbocycles. The van der Waals surface area contributed by atoms with Gasteiger partial charge in [-0.15, -0.1) is 0 Å². The van der Waals surface area contributed by atoms with Crippen LogP contribution in [-0.2, 0) is 4.79 Å². The van der Waals surface area contributed by atoms with E-state index in [0.29, 0.717) is 5.75 Å². The molecule has 0 bridgehead atoms. The Kier molecular flexibility index (Phi) is 4.93. The van der Waals surface area contributed by atoms with Crippen molar-refractivity contribution in [3.63, 3.8) is 0 Å². The molecule has 0 spiro atoms. The molecule has 0 aliphatic rings. The number of methoxy groups -OCH3 is 1. The Balaban J connectivity index is 2.83. The zero-order valence-electron chi connectivity index (χ0n) is 10.4. The van der Waals surface area contributed by atoms with E-state index in [0.717, 1.165) is 11.1 Å². The van der Waals surface area contributed by atoms with Gasteiger partial charge in [-0.05, 0) is 13.0 Å². The fourth-order valence-electron chi connectivity index (χ4n) is 1.64. The quantitative estimate of drug-likeness (QED) is 0.657. The number of hydrazine groups is 1. The summed E-state index contributed by atoms with van der Waals surface area (Å²) < 4.78 is 5.24. The van der Waals surface area contributed by atoms with Crippen LogP contribution in [0.1, 0.15) is 23.6 Å². The summed E-state index contributed by atoms with van der Waals surface area (Å²) in [6.07, 6.45) is 0.209. The molecule has 1 aromatic rings. The zero-order chi connectivity index (χ0) is 12.8. The fourth-order valence-corrected chi connectivity index (χ4v) is 1.64. The van der Waals surface area contributed by atoms with Crippen molar-refractivity contribution < 1.29 is 9.53 Å². The number of carbonyl (C=O) groups is 1. The van der Waals surface area contributed by atoms with Gasteiger partial charge >= 0.3 is 0 Å². The summed E-state index contributed by atoms with van der Waals surface area (Å²) in [4.78, 5) is 11.4. The molecule has 17 heavy (non-hydrogen) atoms. The number of hydrogen-bond donors (Lipinski definition) is 3. The largest absolute Gasteiger partial charge is 0.496 e. The van der Waals surface area contributed by atoms with E-state index in [1.165, 1.54) is 0 Å². The van der Waals surface area contributed by atoms with E-state index in [1.807, 2.05) is 25.1 Å². The molecule has 1 rings (SSSR count). The Hall–Kier alpha value is -1.59. The highest BCUT2D eigenvalue weighted by Gasteiger charge is 2.15. The highest BCUT2D eigenvalue weighted by atomic mass is 16.5. The normalized spacial score (nSPS) is 12.0. The lowest BCUT2D eigenvalue weighted by molar-refractivity contribution is -0.122. The molecule has 0 aliphatic heterocycles. The van der Waals surface area contributed by atoms with Gasteiger partial charge in [-0.2, -0.15) is 0 Å². The molecule has 0 radical (unpaired) electrons. The minimum absolute atomic E-state index is 0.149. The molecule has 1 atom stereocenters. The van der Waals surface area contributed by atoms with Crippen LogP contribution in [0.15, 0.2) is 18.2 Å². The molecule has 0 fully saturated rings. The van der Waals surface area contributed by atoms with Crippen LogP contribution in [0, 0.1) is 6.92 Å². The van der Waals surface area contributed by atoms with E-state index in [-0.39, 0.29) is 18.4 Å². The first kappa shape index (κ1) is 13.5. The van der Waals surface area contributed by atoms with Crippen LogP contribution in [0.5, 0.6) is 5.75 Å². The van der Waals surface area contributed by atoms with E-state index >= 15 is 0 Å². The number of nitrogens with one attached hydrogen (secondary N) is 2. The van der Waals surface area contributed by atoms with Gasteiger partial charge in [0.2, 0.25) is 5.91 Å². The summed E-state index contributed by atoms with van der Waals surface area (Å²) in [5.41, 5.74) is 13.0. The number of amides is 1. The van der Waals surface area contributed by atoms with Crippen molar-refractivity contribution >= 4 is 5.91 Å². The third-order valence-electron chi connectivity index (χ3n) is 2.45. The molecule has 0 saturated heterocycles. The van der Waals surface area contributed by atoms with Crippen LogP contribution in [-0.4, -0.2) is 20.1 Å². The standard InChI is InChI=1S/C12H19N3O2/c1-8-4-5-11(17-3)9(6-8)10(13)7-12(16)15-14-2/h4-6,10,14H,7,13H2,1-3H3,(H,15,16). The Morgan fingerprint density at radius 3 is 2.82 bits per heavy atom. The molecule has 5 nitrogen and oxygen atoms in total. The number of benzene rings is 1. The van der Waals surface area contributed by atoms with Crippen molar-refractivity contribution in [1.82, 2.24) is 10.9 Å². The predicted molar refractivity (Wildman–Crippen MR) is 66.5 cm³/mol. The van der Waals surface area contributed by atoms with E-state index in [9.17, 15) is 4.79 Å². The topological polar surface area (TPSA) is 76.4 Å². The average Bonchev–Trinajstić information content (AvgIpc) is 2.29. The highest BCUT2D eigenvalue weighted by molar-refractivity contribution is 5.76. The van der Waals surface area contributed by atoms with Crippen molar-refractivity contribution in [2.24, 2.45) is 5.73 Å². The molecule has 4 N–H and O–H groups in total. The zero-order valence-corrected chi connectivity index (χ0v) is 10.4. The molecular formula is C12H19N3O2. The van der Waals surface area contributed by atoms with Crippen molar-refractivity contribution in [1.29, 1.82) is 0 Å². The molecule has 94 valence electrons. The minimum atomic E-state index is -0.377. The molecule has 0 heterocycles. The number of rotatable bonds is 5. The van der Waals surface area contributed by atoms with Crippen LogP contribution in [0.4, 0.5) is 0 Å². The molecule has 1 unspecified atom stereocenters. The second-order valence-electron chi connectivity index (χ2n) is 3.85. The SMILES string of the molecule is CNNC(=O)CC(N)c1cc(C)ccc1OC. The summed E-state index contributed by atoms with van der Waals surface area (Å²) in [7, 11) is 3.23. The van der Waals surface area contributed by atoms with Gasteiger partial charge in [-0.25, -0.2) is 5.43 Å². The maximum atomic E-state index is 11.4. The summed E-state index contributed by atoms with van der Waals surface area (Å²) in [6, 6.07) is 5.37. The Morgan fingerprint density at radius 1 is 1.53 bits per heavy atom. The lowest BCUT2D eigenvalue weighted by Crippen LogP contribution is -2.36. The maximum Gasteiger partial charge on any atom is 0.235 e. The average molecular weight is 237 g/mol. The van der Waals surface area contributed by atoms with Gasteiger partial charge in [-0.3, -0.25) is 10.2 Å².